The molecule has 4 aromatic rings. The number of aromatic nitrogens is 3. The lowest BCUT2D eigenvalue weighted by molar-refractivity contribution is -0.702. The fourth-order valence-corrected chi connectivity index (χ4v) is 8.50. The highest BCUT2D eigenvalue weighted by molar-refractivity contribution is 6.17. The third kappa shape index (κ3) is 4.47. The van der Waals surface area contributed by atoms with Crippen molar-refractivity contribution < 1.29 is 36.1 Å². The SMILES string of the molecule is CN=C1NC(=O)[C@]2(CCc3c2ccc[n+]3CN=C2NC(=O)[C@]3(CCc4c(F)cc(F)cc43)c3nc(C(F)(F)F)ccc32)c2cc(C3CC3)ncc21. The Balaban J connectivity index is 1.14. The van der Waals surface area contributed by atoms with Crippen LogP contribution in [-0.2, 0) is 46.1 Å². The Bertz CT molecular complexity index is 2300. The van der Waals surface area contributed by atoms with Crippen LogP contribution in [0.4, 0.5) is 22.0 Å². The van der Waals surface area contributed by atoms with Crippen LogP contribution >= 0.6 is 0 Å². The lowest BCUT2D eigenvalue weighted by atomic mass is 9.71. The van der Waals surface area contributed by atoms with E-state index in [-0.39, 0.29) is 53.6 Å². The second-order valence-corrected chi connectivity index (χ2v) is 13.7. The number of benzene rings is 1. The molecule has 0 unspecified atom stereocenters. The van der Waals surface area contributed by atoms with Crippen LogP contribution in [0.2, 0.25) is 0 Å². The number of hydrogen-bond acceptors (Lipinski definition) is 6. The summed E-state index contributed by atoms with van der Waals surface area (Å²) >= 11 is 0. The number of nitrogens with one attached hydrogen (secondary N) is 2. The Morgan fingerprint density at radius 1 is 0.922 bits per heavy atom. The van der Waals surface area contributed by atoms with E-state index >= 15 is 0 Å². The Kier molecular flexibility index (Phi) is 6.69. The molecule has 2 N–H and O–H groups in total. The molecule has 5 heterocycles. The predicted octanol–water partition coefficient (Wildman–Crippen LogP) is 4.44. The number of amidine groups is 2. The molecule has 0 saturated heterocycles. The van der Waals surface area contributed by atoms with Crippen molar-refractivity contribution in [3.8, 4) is 0 Å². The highest BCUT2D eigenvalue weighted by Gasteiger charge is 2.56. The van der Waals surface area contributed by atoms with Crippen LogP contribution in [0.1, 0.15) is 87.8 Å². The van der Waals surface area contributed by atoms with Gasteiger partial charge in [0, 0.05) is 60.1 Å². The van der Waals surface area contributed by atoms with Crippen molar-refractivity contribution in [1.82, 2.24) is 20.6 Å². The van der Waals surface area contributed by atoms with Crippen molar-refractivity contribution in [1.29, 1.82) is 0 Å². The molecule has 3 aliphatic carbocycles. The summed E-state index contributed by atoms with van der Waals surface area (Å²) in [6.07, 6.45) is 1.74. The summed E-state index contributed by atoms with van der Waals surface area (Å²) in [5.41, 5.74) is -0.0123. The Morgan fingerprint density at radius 2 is 1.69 bits per heavy atom. The first kappa shape index (κ1) is 31.6. The van der Waals surface area contributed by atoms with Gasteiger partial charge in [0.05, 0.1) is 5.69 Å². The van der Waals surface area contributed by atoms with Crippen molar-refractivity contribution >= 4 is 23.5 Å². The van der Waals surface area contributed by atoms with E-state index in [1.165, 1.54) is 6.07 Å². The average Bonchev–Trinajstić information content (AvgIpc) is 3.78. The standard InChI is InChI=1S/C37H28F5N7O2/c1-43-31-22-16-44-27(18-4-5-18)15-25(22)35(33(50)47-31)11-9-28-23(35)3-2-12-49(28)17-45-32-21-6-7-29(37(40,41)42)46-30(21)36(34(51)48-32)10-8-20-24(36)13-19(38)14-26(20)39/h2-3,6-7,12-16,18H,4-5,8-11,17H2,1H3,(H-,43,45,47,48,50,51)/p+1/t35-,36-/m0/s1. The summed E-state index contributed by atoms with van der Waals surface area (Å²) in [5.74, 6) is -1.98. The van der Waals surface area contributed by atoms with E-state index in [0.29, 0.717) is 30.7 Å². The third-order valence-electron chi connectivity index (χ3n) is 11.1. The summed E-state index contributed by atoms with van der Waals surface area (Å²) in [4.78, 5) is 45.6. The highest BCUT2D eigenvalue weighted by atomic mass is 19.4. The number of alkyl halides is 3. The van der Waals surface area contributed by atoms with Crippen LogP contribution < -0.4 is 15.2 Å². The molecule has 2 atom stereocenters. The molecule has 1 saturated carbocycles. The minimum Gasteiger partial charge on any atom is -0.309 e. The molecule has 0 radical (unpaired) electrons. The molecule has 0 bridgehead atoms. The molecule has 2 amide bonds. The highest BCUT2D eigenvalue weighted by Crippen LogP contribution is 2.50. The number of carbonyl (C=O) groups is 2. The Hall–Kier alpha value is -5.40. The van der Waals surface area contributed by atoms with E-state index in [1.807, 2.05) is 22.8 Å². The topological polar surface area (TPSA) is 113 Å². The fraction of sp³-hybridized carbons (Fsp3) is 0.324. The number of halogens is 5. The second kappa shape index (κ2) is 10.8. The molecule has 9 nitrogen and oxygen atoms in total. The number of fused-ring (bicyclic) bond motifs is 8. The number of carbonyl (C=O) groups excluding carboxylic acids is 2. The van der Waals surface area contributed by atoms with Gasteiger partial charge in [-0.15, -0.1) is 0 Å². The van der Waals surface area contributed by atoms with Crippen LogP contribution in [0.15, 0.2) is 64.8 Å². The summed E-state index contributed by atoms with van der Waals surface area (Å²) in [6.45, 7) is -0.0536. The summed E-state index contributed by atoms with van der Waals surface area (Å²) in [5, 5.41) is 5.72. The normalized spacial score (nSPS) is 24.8. The molecule has 2 aliphatic heterocycles. The molecule has 2 spiro atoms. The monoisotopic (exact) mass is 698 g/mol. The number of rotatable bonds is 3. The first-order valence-electron chi connectivity index (χ1n) is 16.7. The van der Waals surface area contributed by atoms with Gasteiger partial charge in [-0.1, -0.05) is 0 Å². The second-order valence-electron chi connectivity index (χ2n) is 13.7. The lowest BCUT2D eigenvalue weighted by Crippen LogP contribution is -2.53. The maximum Gasteiger partial charge on any atom is 0.433 e. The van der Waals surface area contributed by atoms with Crippen molar-refractivity contribution in [2.24, 2.45) is 9.98 Å². The molecule has 14 heteroatoms. The maximum atomic E-state index is 14.9. The minimum absolute atomic E-state index is 0.00693. The van der Waals surface area contributed by atoms with Gasteiger partial charge in [-0.3, -0.25) is 19.6 Å². The van der Waals surface area contributed by atoms with Crippen molar-refractivity contribution in [2.75, 3.05) is 7.05 Å². The van der Waals surface area contributed by atoms with Gasteiger partial charge in [0.15, 0.2) is 11.9 Å². The maximum absolute atomic E-state index is 14.9. The number of aliphatic imine (C=N–C) groups is 2. The van der Waals surface area contributed by atoms with Gasteiger partial charge in [0.1, 0.15) is 39.8 Å². The summed E-state index contributed by atoms with van der Waals surface area (Å²) < 4.78 is 73.1. The average molecular weight is 699 g/mol. The Morgan fingerprint density at radius 3 is 2.45 bits per heavy atom. The summed E-state index contributed by atoms with van der Waals surface area (Å²) in [7, 11) is 1.62. The largest absolute Gasteiger partial charge is 0.433 e. The zero-order chi connectivity index (χ0) is 35.4. The molecule has 51 heavy (non-hydrogen) atoms. The molecule has 3 aromatic heterocycles. The quantitative estimate of drug-likeness (QED) is 0.244. The number of pyridine rings is 3. The van der Waals surface area contributed by atoms with Gasteiger partial charge in [-0.25, -0.2) is 18.8 Å². The van der Waals surface area contributed by atoms with Crippen LogP contribution in [0.25, 0.3) is 0 Å². The van der Waals surface area contributed by atoms with Gasteiger partial charge >= 0.3 is 6.18 Å². The van der Waals surface area contributed by atoms with E-state index in [2.05, 4.69) is 30.6 Å². The molecule has 1 fully saturated rings. The minimum atomic E-state index is -4.84. The van der Waals surface area contributed by atoms with E-state index in [1.54, 1.807) is 19.4 Å². The molecular formula is C37H29F5N7O2+. The van der Waals surface area contributed by atoms with Crippen molar-refractivity contribution in [2.45, 2.75) is 68.1 Å². The molecule has 9 rings (SSSR count). The molecule has 5 aliphatic rings. The number of hydrogen-bond donors (Lipinski definition) is 2. The third-order valence-corrected chi connectivity index (χ3v) is 11.1. The summed E-state index contributed by atoms with van der Waals surface area (Å²) in [6, 6.07) is 9.45. The van der Waals surface area contributed by atoms with E-state index < -0.39 is 40.2 Å². The van der Waals surface area contributed by atoms with E-state index in [4.69, 9.17) is 0 Å². The zero-order valence-corrected chi connectivity index (χ0v) is 27.2. The van der Waals surface area contributed by atoms with E-state index in [9.17, 15) is 31.5 Å². The van der Waals surface area contributed by atoms with Gasteiger partial charge in [-0.2, -0.15) is 17.7 Å². The zero-order valence-electron chi connectivity index (χ0n) is 27.2. The van der Waals surface area contributed by atoms with Crippen molar-refractivity contribution in [3.05, 3.63) is 123 Å². The predicted molar refractivity (Wildman–Crippen MR) is 172 cm³/mol. The van der Waals surface area contributed by atoms with Crippen LogP contribution in [0, 0.1) is 11.6 Å². The van der Waals surface area contributed by atoms with Crippen molar-refractivity contribution in [3.63, 3.8) is 0 Å². The van der Waals surface area contributed by atoms with Crippen LogP contribution in [0.5, 0.6) is 0 Å². The van der Waals surface area contributed by atoms with Gasteiger partial charge < -0.3 is 10.6 Å². The van der Waals surface area contributed by atoms with Gasteiger partial charge in [-0.05, 0) is 79.1 Å². The van der Waals surface area contributed by atoms with Crippen LogP contribution in [-0.4, -0.2) is 40.5 Å². The molecule has 258 valence electrons. The van der Waals surface area contributed by atoms with Crippen LogP contribution in [0.3, 0.4) is 0 Å². The molecule has 1 aromatic carbocycles. The first-order chi connectivity index (χ1) is 24.5. The molecular weight excluding hydrogens is 669 g/mol. The van der Waals surface area contributed by atoms with Gasteiger partial charge in [0.2, 0.25) is 18.5 Å². The smallest absolute Gasteiger partial charge is 0.309 e. The van der Waals surface area contributed by atoms with E-state index in [0.717, 1.165) is 53.1 Å². The fourth-order valence-electron chi connectivity index (χ4n) is 8.50. The Labute approximate surface area is 287 Å². The lowest BCUT2D eigenvalue weighted by Gasteiger charge is -2.35. The first-order valence-corrected chi connectivity index (χ1v) is 16.7. The number of nitrogens with zero attached hydrogens (tertiary/aromatic N) is 5. The number of amides is 2. The van der Waals surface area contributed by atoms with Gasteiger partial charge in [0.25, 0.3) is 0 Å².